The number of amides is 1. The van der Waals surface area contributed by atoms with Crippen molar-refractivity contribution in [3.8, 4) is 28.1 Å². The highest BCUT2D eigenvalue weighted by atomic mass is 35.5. The molecular weight excluding hydrogens is 416 g/mol. The van der Waals surface area contributed by atoms with Gasteiger partial charge in [-0.05, 0) is 42.9 Å². The van der Waals surface area contributed by atoms with Gasteiger partial charge in [-0.3, -0.25) is 9.88 Å². The number of piperazine rings is 1. The van der Waals surface area contributed by atoms with E-state index in [1.165, 1.54) is 10.7 Å². The van der Waals surface area contributed by atoms with Gasteiger partial charge < -0.3 is 15.3 Å². The number of phenols is 1. The predicted molar refractivity (Wildman–Crippen MR) is 120 cm³/mol. The van der Waals surface area contributed by atoms with Crippen LogP contribution in [0.4, 0.5) is 4.79 Å². The Bertz CT molecular complexity index is 1050. The average Bonchev–Trinajstić information content (AvgIpc) is 3.23. The van der Waals surface area contributed by atoms with Gasteiger partial charge in [0.05, 0.1) is 5.02 Å². The summed E-state index contributed by atoms with van der Waals surface area (Å²) < 4.78 is 1.32. The molecule has 3 heterocycles. The molecule has 0 saturated carbocycles. The number of likely N-dealkylation sites (N-methyl/N-ethyl adjacent to an activating group) is 1. The zero-order valence-electron chi connectivity index (χ0n) is 17.3. The smallest absolute Gasteiger partial charge is 0.342 e. The van der Waals surface area contributed by atoms with Gasteiger partial charge in [0.2, 0.25) is 0 Å². The van der Waals surface area contributed by atoms with Crippen molar-refractivity contribution in [3.63, 3.8) is 0 Å². The van der Waals surface area contributed by atoms with Gasteiger partial charge in [-0.2, -0.15) is 9.78 Å². The molecule has 8 nitrogen and oxygen atoms in total. The van der Waals surface area contributed by atoms with Crippen molar-refractivity contribution in [2.24, 2.45) is 0 Å². The Balaban J connectivity index is 1.53. The first-order valence-electron chi connectivity index (χ1n) is 10.2. The summed E-state index contributed by atoms with van der Waals surface area (Å²) >= 11 is 6.10. The van der Waals surface area contributed by atoms with Crippen molar-refractivity contribution in [2.45, 2.75) is 0 Å². The zero-order chi connectivity index (χ0) is 21.8. The summed E-state index contributed by atoms with van der Waals surface area (Å²) in [7, 11) is 2.12. The lowest BCUT2D eigenvalue weighted by atomic mass is 10.0. The number of hydrogen-bond acceptors (Lipinski definition) is 6. The van der Waals surface area contributed by atoms with E-state index < -0.39 is 0 Å². The minimum atomic E-state index is -0.291. The number of pyridine rings is 1. The summed E-state index contributed by atoms with van der Waals surface area (Å²) in [6.45, 7) is 5.45. The number of phenolic OH excluding ortho intramolecular Hbond substituents is 1. The van der Waals surface area contributed by atoms with Crippen LogP contribution in [0, 0.1) is 0 Å². The Morgan fingerprint density at radius 1 is 1.13 bits per heavy atom. The fraction of sp³-hybridized carbons (Fsp3) is 0.318. The Kier molecular flexibility index (Phi) is 6.50. The monoisotopic (exact) mass is 440 g/mol. The fourth-order valence-corrected chi connectivity index (χ4v) is 3.74. The molecule has 0 radical (unpaired) electrons. The Morgan fingerprint density at radius 2 is 1.87 bits per heavy atom. The van der Waals surface area contributed by atoms with Crippen LogP contribution in [0.15, 0.2) is 48.9 Å². The molecule has 1 amide bonds. The lowest BCUT2D eigenvalue weighted by molar-refractivity contribution is 0.155. The second-order valence-corrected chi connectivity index (χ2v) is 8.02. The molecule has 0 spiro atoms. The number of benzene rings is 1. The standard InChI is InChI=1S/C22H25ClN6O2/c1-27-10-12-28(13-11-27)9-8-25-22(31)29-15-18(16-4-6-24-7-5-16)21(26-29)17-2-3-20(30)19(23)14-17/h2-7,14-15,30H,8-13H2,1H3,(H,25,31). The molecule has 1 saturated heterocycles. The number of carbonyl (C=O) groups is 1. The van der Waals surface area contributed by atoms with Crippen LogP contribution < -0.4 is 5.32 Å². The summed E-state index contributed by atoms with van der Waals surface area (Å²) in [5, 5.41) is 17.5. The lowest BCUT2D eigenvalue weighted by Gasteiger charge is -2.32. The van der Waals surface area contributed by atoms with Gasteiger partial charge in [0, 0.05) is 69.0 Å². The van der Waals surface area contributed by atoms with Gasteiger partial charge in [-0.15, -0.1) is 0 Å². The number of nitrogens with zero attached hydrogens (tertiary/aromatic N) is 5. The number of carbonyl (C=O) groups excluding carboxylic acids is 1. The minimum Gasteiger partial charge on any atom is -0.506 e. The van der Waals surface area contributed by atoms with E-state index in [1.54, 1.807) is 30.7 Å². The van der Waals surface area contributed by atoms with E-state index in [0.717, 1.165) is 43.9 Å². The molecule has 1 aliphatic heterocycles. The third-order valence-electron chi connectivity index (χ3n) is 5.43. The van der Waals surface area contributed by atoms with Crippen molar-refractivity contribution >= 4 is 17.6 Å². The quantitative estimate of drug-likeness (QED) is 0.634. The van der Waals surface area contributed by atoms with Crippen LogP contribution in [-0.4, -0.2) is 82.0 Å². The van der Waals surface area contributed by atoms with E-state index in [1.807, 2.05) is 12.1 Å². The van der Waals surface area contributed by atoms with Crippen LogP contribution in [0.25, 0.3) is 22.4 Å². The normalized spacial score (nSPS) is 15.2. The van der Waals surface area contributed by atoms with Gasteiger partial charge >= 0.3 is 6.03 Å². The SMILES string of the molecule is CN1CCN(CCNC(=O)n2cc(-c3ccncc3)c(-c3ccc(O)c(Cl)c3)n2)CC1. The third-order valence-corrected chi connectivity index (χ3v) is 5.74. The molecule has 2 aromatic heterocycles. The van der Waals surface area contributed by atoms with Crippen molar-refractivity contribution in [3.05, 3.63) is 53.9 Å². The van der Waals surface area contributed by atoms with E-state index in [4.69, 9.17) is 11.6 Å². The molecule has 0 atom stereocenters. The maximum atomic E-state index is 12.8. The highest BCUT2D eigenvalue weighted by Gasteiger charge is 2.18. The van der Waals surface area contributed by atoms with Gasteiger partial charge in [-0.25, -0.2) is 4.79 Å². The summed E-state index contributed by atoms with van der Waals surface area (Å²) in [5.41, 5.74) is 2.96. The molecule has 4 rings (SSSR count). The van der Waals surface area contributed by atoms with Gasteiger partial charge in [0.15, 0.2) is 0 Å². The maximum absolute atomic E-state index is 12.8. The lowest BCUT2D eigenvalue weighted by Crippen LogP contribution is -2.47. The molecule has 31 heavy (non-hydrogen) atoms. The molecular formula is C22H25ClN6O2. The number of nitrogens with one attached hydrogen (secondary N) is 1. The summed E-state index contributed by atoms with van der Waals surface area (Å²) in [5.74, 6) is -0.00281. The van der Waals surface area contributed by atoms with Crippen LogP contribution >= 0.6 is 11.6 Å². The molecule has 1 aromatic carbocycles. The molecule has 1 aliphatic rings. The molecule has 162 valence electrons. The highest BCUT2D eigenvalue weighted by Crippen LogP contribution is 2.34. The first-order valence-corrected chi connectivity index (χ1v) is 10.6. The largest absolute Gasteiger partial charge is 0.506 e. The van der Waals surface area contributed by atoms with E-state index in [-0.39, 0.29) is 16.8 Å². The second-order valence-electron chi connectivity index (χ2n) is 7.61. The first kappa shape index (κ1) is 21.3. The first-order chi connectivity index (χ1) is 15.0. The number of rotatable bonds is 5. The van der Waals surface area contributed by atoms with Crippen LogP contribution in [0.1, 0.15) is 0 Å². The van der Waals surface area contributed by atoms with Crippen LogP contribution in [0.2, 0.25) is 5.02 Å². The molecule has 0 unspecified atom stereocenters. The highest BCUT2D eigenvalue weighted by molar-refractivity contribution is 6.32. The van der Waals surface area contributed by atoms with Gasteiger partial charge in [-0.1, -0.05) is 11.6 Å². The Labute approximate surface area is 186 Å². The van der Waals surface area contributed by atoms with Crippen molar-refractivity contribution in [1.29, 1.82) is 0 Å². The van der Waals surface area contributed by atoms with Crippen molar-refractivity contribution in [1.82, 2.24) is 29.9 Å². The van der Waals surface area contributed by atoms with Crippen LogP contribution in [-0.2, 0) is 0 Å². The van der Waals surface area contributed by atoms with Gasteiger partial charge in [0.1, 0.15) is 11.4 Å². The third kappa shape index (κ3) is 5.04. The number of aromatic nitrogens is 3. The molecule has 9 heteroatoms. The molecule has 3 aromatic rings. The number of aromatic hydroxyl groups is 1. The van der Waals surface area contributed by atoms with E-state index >= 15 is 0 Å². The van der Waals surface area contributed by atoms with E-state index in [0.29, 0.717) is 17.8 Å². The van der Waals surface area contributed by atoms with Crippen LogP contribution in [0.5, 0.6) is 5.75 Å². The minimum absolute atomic E-state index is 0.00281. The Morgan fingerprint density at radius 3 is 2.58 bits per heavy atom. The summed E-state index contributed by atoms with van der Waals surface area (Å²) in [6.07, 6.45) is 5.09. The predicted octanol–water partition coefficient (Wildman–Crippen LogP) is 2.78. The Hall–Kier alpha value is -2.94. The maximum Gasteiger partial charge on any atom is 0.342 e. The molecule has 0 bridgehead atoms. The molecule has 1 fully saturated rings. The topological polar surface area (TPSA) is 86.5 Å². The van der Waals surface area contributed by atoms with Crippen molar-refractivity contribution in [2.75, 3.05) is 46.3 Å². The number of halogens is 1. The average molecular weight is 441 g/mol. The second kappa shape index (κ2) is 9.47. The zero-order valence-corrected chi connectivity index (χ0v) is 18.1. The van der Waals surface area contributed by atoms with E-state index in [9.17, 15) is 9.90 Å². The summed E-state index contributed by atoms with van der Waals surface area (Å²) in [6, 6.07) is 8.31. The van der Waals surface area contributed by atoms with Crippen LogP contribution in [0.3, 0.4) is 0 Å². The summed E-state index contributed by atoms with van der Waals surface area (Å²) in [4.78, 5) is 21.5. The van der Waals surface area contributed by atoms with Gasteiger partial charge in [0.25, 0.3) is 0 Å². The molecule has 0 aliphatic carbocycles. The number of hydrogen-bond donors (Lipinski definition) is 2. The molecule has 2 N–H and O–H groups in total. The fourth-order valence-electron chi connectivity index (χ4n) is 3.56. The van der Waals surface area contributed by atoms with E-state index in [2.05, 4.69) is 32.2 Å². The van der Waals surface area contributed by atoms with Crippen molar-refractivity contribution < 1.29 is 9.90 Å².